The molecule has 2 amide bonds. The van der Waals surface area contributed by atoms with Crippen molar-refractivity contribution in [1.82, 2.24) is 0 Å². The Kier molecular flexibility index (Phi) is 6.28. The van der Waals surface area contributed by atoms with Crippen LogP contribution in [-0.4, -0.2) is 30.3 Å². The molecule has 1 N–H and O–H groups in total. The number of amides is 2. The van der Waals surface area contributed by atoms with E-state index >= 15 is 0 Å². The lowest BCUT2D eigenvalue weighted by Crippen LogP contribution is -2.23. The van der Waals surface area contributed by atoms with Gasteiger partial charge in [0.2, 0.25) is 11.8 Å². The van der Waals surface area contributed by atoms with Crippen molar-refractivity contribution in [2.24, 2.45) is 0 Å². The zero-order valence-electron chi connectivity index (χ0n) is 15.0. The molecule has 2 aromatic carbocycles. The van der Waals surface area contributed by atoms with E-state index < -0.39 is 11.9 Å². The van der Waals surface area contributed by atoms with Gasteiger partial charge in [-0.2, -0.15) is 13.2 Å². The monoisotopic (exact) mass is 408 g/mol. The van der Waals surface area contributed by atoms with Crippen LogP contribution in [0.2, 0.25) is 0 Å². The number of alkyl halides is 3. The summed E-state index contributed by atoms with van der Waals surface area (Å²) in [6, 6.07) is 13.6. The van der Waals surface area contributed by atoms with Crippen LogP contribution in [0.25, 0.3) is 0 Å². The number of anilines is 2. The van der Waals surface area contributed by atoms with E-state index in [4.69, 9.17) is 0 Å². The molecule has 0 spiro atoms. The molecule has 3 rings (SSSR count). The summed E-state index contributed by atoms with van der Waals surface area (Å²) in [5, 5.41) is 2.68. The van der Waals surface area contributed by atoms with Gasteiger partial charge in [0.15, 0.2) is 0 Å². The number of nitrogens with zero attached hydrogens (tertiary/aromatic N) is 1. The largest absolute Gasteiger partial charge is 0.398 e. The van der Waals surface area contributed by atoms with Crippen LogP contribution in [-0.2, 0) is 16.0 Å². The number of para-hydroxylation sites is 1. The third kappa shape index (κ3) is 5.51. The Morgan fingerprint density at radius 2 is 1.82 bits per heavy atom. The molecule has 148 valence electrons. The molecule has 0 radical (unpaired) electrons. The second-order valence-electron chi connectivity index (χ2n) is 6.44. The normalized spacial score (nSPS) is 14.4. The topological polar surface area (TPSA) is 49.4 Å². The van der Waals surface area contributed by atoms with Crippen LogP contribution in [0.3, 0.4) is 0 Å². The molecule has 8 heteroatoms. The van der Waals surface area contributed by atoms with E-state index in [9.17, 15) is 22.8 Å². The Bertz CT molecular complexity index is 853. The summed E-state index contributed by atoms with van der Waals surface area (Å²) >= 11 is 0.641. The highest BCUT2D eigenvalue weighted by Gasteiger charge is 2.27. The summed E-state index contributed by atoms with van der Waals surface area (Å²) in [5.74, 6) is -1.24. The summed E-state index contributed by atoms with van der Waals surface area (Å²) in [5.41, 5.74) is 1.93. The van der Waals surface area contributed by atoms with Crippen LogP contribution >= 0.6 is 11.8 Å². The van der Waals surface area contributed by atoms with Crippen LogP contribution in [0.1, 0.15) is 18.4 Å². The maximum atomic E-state index is 12.5. The molecule has 1 aliphatic rings. The quantitative estimate of drug-likeness (QED) is 0.708. The first-order chi connectivity index (χ1) is 13.3. The maximum absolute atomic E-state index is 12.5. The first kappa shape index (κ1) is 20.3. The predicted molar refractivity (Wildman–Crippen MR) is 104 cm³/mol. The van der Waals surface area contributed by atoms with E-state index in [1.165, 1.54) is 0 Å². The van der Waals surface area contributed by atoms with Gasteiger partial charge < -0.3 is 10.2 Å². The average molecular weight is 408 g/mol. The van der Waals surface area contributed by atoms with E-state index in [2.05, 4.69) is 5.32 Å². The fraction of sp³-hybridized carbons (Fsp3) is 0.300. The van der Waals surface area contributed by atoms with Gasteiger partial charge in [0.25, 0.3) is 0 Å². The number of nitrogens with one attached hydrogen (secondary N) is 1. The van der Waals surface area contributed by atoms with Gasteiger partial charge in [0.05, 0.1) is 17.9 Å². The number of hydrogen-bond donors (Lipinski definition) is 1. The van der Waals surface area contributed by atoms with Gasteiger partial charge in [-0.3, -0.25) is 9.59 Å². The van der Waals surface area contributed by atoms with Crippen molar-refractivity contribution in [2.45, 2.75) is 30.3 Å². The molecule has 1 aliphatic heterocycles. The van der Waals surface area contributed by atoms with Crippen molar-refractivity contribution in [2.75, 3.05) is 22.5 Å². The van der Waals surface area contributed by atoms with E-state index in [1.807, 2.05) is 0 Å². The molecular weight excluding hydrogens is 389 g/mol. The van der Waals surface area contributed by atoms with Gasteiger partial charge in [0.1, 0.15) is 0 Å². The summed E-state index contributed by atoms with van der Waals surface area (Å²) in [6.45, 7) is 0.699. The molecule has 0 aliphatic carbocycles. The zero-order chi connectivity index (χ0) is 20.1. The molecule has 0 bridgehead atoms. The smallest absolute Gasteiger partial charge is 0.325 e. The molecule has 0 saturated carbocycles. The van der Waals surface area contributed by atoms with Crippen molar-refractivity contribution in [3.8, 4) is 0 Å². The third-order valence-corrected chi connectivity index (χ3v) is 5.38. The highest BCUT2D eigenvalue weighted by Crippen LogP contribution is 2.32. The SMILES string of the molecule is O=C(Cc1ccc(N2CCCC2=O)cc1)Nc1ccccc1SCC(F)(F)F. The first-order valence-electron chi connectivity index (χ1n) is 8.79. The molecule has 1 heterocycles. The summed E-state index contributed by atoms with van der Waals surface area (Å²) < 4.78 is 37.4. The number of hydrogen-bond acceptors (Lipinski definition) is 3. The van der Waals surface area contributed by atoms with Crippen molar-refractivity contribution < 1.29 is 22.8 Å². The Balaban J connectivity index is 1.61. The van der Waals surface area contributed by atoms with Crippen molar-refractivity contribution in [3.05, 3.63) is 54.1 Å². The van der Waals surface area contributed by atoms with Crippen LogP contribution < -0.4 is 10.2 Å². The lowest BCUT2D eigenvalue weighted by Gasteiger charge is -2.16. The molecule has 1 saturated heterocycles. The van der Waals surface area contributed by atoms with Gasteiger partial charge in [0, 0.05) is 23.5 Å². The first-order valence-corrected chi connectivity index (χ1v) is 9.78. The average Bonchev–Trinajstić information content (AvgIpc) is 3.07. The number of carbonyl (C=O) groups excluding carboxylic acids is 2. The number of rotatable bonds is 6. The highest BCUT2D eigenvalue weighted by atomic mass is 32.2. The Morgan fingerprint density at radius 3 is 2.46 bits per heavy atom. The number of carbonyl (C=O) groups is 2. The molecule has 1 fully saturated rings. The molecule has 0 aromatic heterocycles. The van der Waals surface area contributed by atoms with Crippen molar-refractivity contribution in [3.63, 3.8) is 0 Å². The summed E-state index contributed by atoms with van der Waals surface area (Å²) in [4.78, 5) is 26.2. The van der Waals surface area contributed by atoms with Crippen LogP contribution in [0, 0.1) is 0 Å². The summed E-state index contributed by atoms with van der Waals surface area (Å²) in [6.07, 6.45) is -2.79. The minimum Gasteiger partial charge on any atom is -0.325 e. The fourth-order valence-electron chi connectivity index (χ4n) is 2.95. The number of thioether (sulfide) groups is 1. The molecule has 0 unspecified atom stereocenters. The zero-order valence-corrected chi connectivity index (χ0v) is 15.8. The Morgan fingerprint density at radius 1 is 1.11 bits per heavy atom. The lowest BCUT2D eigenvalue weighted by molar-refractivity contribution is -0.117. The second kappa shape index (κ2) is 8.68. The predicted octanol–water partition coefficient (Wildman–Crippen LogP) is 4.65. The fourth-order valence-corrected chi connectivity index (χ4v) is 3.72. The van der Waals surface area contributed by atoms with Gasteiger partial charge in [-0.1, -0.05) is 24.3 Å². The molecule has 4 nitrogen and oxygen atoms in total. The molecular formula is C20H19F3N2O2S. The van der Waals surface area contributed by atoms with Crippen molar-refractivity contribution in [1.29, 1.82) is 0 Å². The minimum atomic E-state index is -4.28. The highest BCUT2D eigenvalue weighted by molar-refractivity contribution is 7.99. The van der Waals surface area contributed by atoms with Gasteiger partial charge in [-0.15, -0.1) is 11.8 Å². The van der Waals surface area contributed by atoms with E-state index in [-0.39, 0.29) is 18.2 Å². The van der Waals surface area contributed by atoms with Crippen molar-refractivity contribution >= 4 is 35.0 Å². The second-order valence-corrected chi connectivity index (χ2v) is 7.46. The van der Waals surface area contributed by atoms with Gasteiger partial charge in [-0.25, -0.2) is 0 Å². The van der Waals surface area contributed by atoms with E-state index in [0.717, 1.165) is 17.7 Å². The Labute approximate surface area is 165 Å². The minimum absolute atomic E-state index is 0.0898. The van der Waals surface area contributed by atoms with E-state index in [1.54, 1.807) is 53.4 Å². The van der Waals surface area contributed by atoms with Crippen LogP contribution in [0.15, 0.2) is 53.4 Å². The molecule has 2 aromatic rings. The van der Waals surface area contributed by atoms with Gasteiger partial charge in [-0.05, 0) is 36.2 Å². The number of halogens is 3. The van der Waals surface area contributed by atoms with Crippen LogP contribution in [0.5, 0.6) is 0 Å². The third-order valence-electron chi connectivity index (χ3n) is 4.24. The molecule has 0 atom stereocenters. The molecule has 28 heavy (non-hydrogen) atoms. The maximum Gasteiger partial charge on any atom is 0.398 e. The van der Waals surface area contributed by atoms with E-state index in [0.29, 0.717) is 35.3 Å². The summed E-state index contributed by atoms with van der Waals surface area (Å²) in [7, 11) is 0. The van der Waals surface area contributed by atoms with Crippen LogP contribution in [0.4, 0.5) is 24.5 Å². The van der Waals surface area contributed by atoms with Gasteiger partial charge >= 0.3 is 6.18 Å². The lowest BCUT2D eigenvalue weighted by atomic mass is 10.1. The standard InChI is InChI=1S/C20H19F3N2O2S/c21-20(22,23)13-28-17-5-2-1-4-16(17)24-18(26)12-14-7-9-15(10-8-14)25-11-3-6-19(25)27/h1-2,4-5,7-10H,3,6,11-13H2,(H,24,26). The Hall–Kier alpha value is -2.48. The number of benzene rings is 2.